The standard InChI is InChI=1S/C19H16BrN5O/c1-12-22-23-24-25(12)18(13-6-4-3-5-7-13)16-11-14-10-15(20)8-9-17(14)21-19(16)26-2/h3-11,18H,1-2H3. The Morgan fingerprint density at radius 2 is 1.88 bits per heavy atom. The third kappa shape index (κ3) is 2.94. The van der Waals surface area contributed by atoms with Gasteiger partial charge < -0.3 is 4.74 Å². The molecule has 0 N–H and O–H groups in total. The molecule has 26 heavy (non-hydrogen) atoms. The molecule has 0 bridgehead atoms. The summed E-state index contributed by atoms with van der Waals surface area (Å²) in [6, 6.07) is 17.9. The van der Waals surface area contributed by atoms with Crippen LogP contribution in [0, 0.1) is 6.92 Å². The number of aromatic nitrogens is 5. The summed E-state index contributed by atoms with van der Waals surface area (Å²) in [7, 11) is 1.63. The molecule has 4 rings (SSSR count). The molecule has 0 saturated carbocycles. The lowest BCUT2D eigenvalue weighted by atomic mass is 9.98. The highest BCUT2D eigenvalue weighted by Crippen LogP contribution is 2.35. The van der Waals surface area contributed by atoms with Crippen LogP contribution >= 0.6 is 15.9 Å². The highest BCUT2D eigenvalue weighted by atomic mass is 79.9. The van der Waals surface area contributed by atoms with Gasteiger partial charge in [0.25, 0.3) is 0 Å². The Hall–Kier alpha value is -2.80. The number of pyridine rings is 1. The average molecular weight is 410 g/mol. The number of ether oxygens (including phenoxy) is 1. The molecule has 1 atom stereocenters. The lowest BCUT2D eigenvalue weighted by molar-refractivity contribution is 0.387. The number of aryl methyl sites for hydroxylation is 1. The van der Waals surface area contributed by atoms with E-state index in [0.717, 1.165) is 32.3 Å². The van der Waals surface area contributed by atoms with Crippen LogP contribution in [0.5, 0.6) is 5.88 Å². The second-order valence-corrected chi connectivity index (χ2v) is 6.82. The van der Waals surface area contributed by atoms with Crippen LogP contribution in [0.15, 0.2) is 59.1 Å². The van der Waals surface area contributed by atoms with Gasteiger partial charge in [0.15, 0.2) is 0 Å². The number of nitrogens with zero attached hydrogens (tertiary/aromatic N) is 5. The first kappa shape index (κ1) is 16.7. The molecule has 2 aromatic heterocycles. The summed E-state index contributed by atoms with van der Waals surface area (Å²) in [6.07, 6.45) is 0. The van der Waals surface area contributed by atoms with Gasteiger partial charge in [-0.05, 0) is 47.2 Å². The molecule has 0 aliphatic heterocycles. The van der Waals surface area contributed by atoms with Gasteiger partial charge in [0, 0.05) is 15.4 Å². The van der Waals surface area contributed by atoms with Crippen molar-refractivity contribution in [2.75, 3.05) is 7.11 Å². The van der Waals surface area contributed by atoms with Crippen molar-refractivity contribution in [1.82, 2.24) is 25.2 Å². The number of benzene rings is 2. The van der Waals surface area contributed by atoms with Crippen molar-refractivity contribution in [3.05, 3.63) is 76.0 Å². The van der Waals surface area contributed by atoms with Crippen molar-refractivity contribution in [3.8, 4) is 5.88 Å². The lowest BCUT2D eigenvalue weighted by Crippen LogP contribution is -2.17. The molecule has 1 unspecified atom stereocenters. The van der Waals surface area contributed by atoms with E-state index in [4.69, 9.17) is 9.72 Å². The van der Waals surface area contributed by atoms with Crippen molar-refractivity contribution in [2.45, 2.75) is 13.0 Å². The van der Waals surface area contributed by atoms with E-state index < -0.39 is 0 Å². The Kier molecular flexibility index (Phi) is 4.38. The third-order valence-electron chi connectivity index (χ3n) is 4.27. The molecule has 2 heterocycles. The minimum Gasteiger partial charge on any atom is -0.481 e. The molecule has 0 spiro atoms. The van der Waals surface area contributed by atoms with Crippen LogP contribution in [0.1, 0.15) is 23.0 Å². The normalized spacial score (nSPS) is 12.3. The zero-order chi connectivity index (χ0) is 18.1. The Morgan fingerprint density at radius 1 is 1.08 bits per heavy atom. The number of rotatable bonds is 4. The van der Waals surface area contributed by atoms with Gasteiger partial charge in [-0.25, -0.2) is 9.67 Å². The quantitative estimate of drug-likeness (QED) is 0.510. The fourth-order valence-corrected chi connectivity index (χ4v) is 3.45. The van der Waals surface area contributed by atoms with Crippen LogP contribution in [-0.4, -0.2) is 32.3 Å². The number of methoxy groups -OCH3 is 1. The summed E-state index contributed by atoms with van der Waals surface area (Å²) in [5.41, 5.74) is 2.83. The highest BCUT2D eigenvalue weighted by molar-refractivity contribution is 9.10. The summed E-state index contributed by atoms with van der Waals surface area (Å²) in [5.74, 6) is 1.28. The van der Waals surface area contributed by atoms with Gasteiger partial charge in [-0.2, -0.15) is 0 Å². The summed E-state index contributed by atoms with van der Waals surface area (Å²) < 4.78 is 8.41. The van der Waals surface area contributed by atoms with Gasteiger partial charge in [0.1, 0.15) is 11.9 Å². The molecule has 7 heteroatoms. The monoisotopic (exact) mass is 409 g/mol. The molecular formula is C19H16BrN5O. The Bertz CT molecular complexity index is 1060. The molecule has 0 aliphatic rings. The van der Waals surface area contributed by atoms with E-state index in [1.54, 1.807) is 11.8 Å². The molecule has 6 nitrogen and oxygen atoms in total. The van der Waals surface area contributed by atoms with Crippen molar-refractivity contribution < 1.29 is 4.74 Å². The van der Waals surface area contributed by atoms with Crippen molar-refractivity contribution in [3.63, 3.8) is 0 Å². The minimum absolute atomic E-state index is 0.239. The second kappa shape index (κ2) is 6.84. The molecule has 0 saturated heterocycles. The zero-order valence-electron chi connectivity index (χ0n) is 14.3. The van der Waals surface area contributed by atoms with E-state index in [-0.39, 0.29) is 6.04 Å². The predicted octanol–water partition coefficient (Wildman–Crippen LogP) is 3.94. The summed E-state index contributed by atoms with van der Waals surface area (Å²) in [4.78, 5) is 4.70. The molecule has 0 amide bonds. The zero-order valence-corrected chi connectivity index (χ0v) is 15.9. The number of fused-ring (bicyclic) bond motifs is 1. The van der Waals surface area contributed by atoms with Crippen LogP contribution in [0.3, 0.4) is 0 Å². The molecule has 0 radical (unpaired) electrons. The highest BCUT2D eigenvalue weighted by Gasteiger charge is 2.24. The van der Waals surface area contributed by atoms with E-state index in [2.05, 4.69) is 49.7 Å². The van der Waals surface area contributed by atoms with Crippen LogP contribution in [-0.2, 0) is 0 Å². The predicted molar refractivity (Wildman–Crippen MR) is 102 cm³/mol. The van der Waals surface area contributed by atoms with E-state index in [1.807, 2.05) is 43.3 Å². The Morgan fingerprint density at radius 3 is 2.58 bits per heavy atom. The van der Waals surface area contributed by atoms with Crippen LogP contribution in [0.25, 0.3) is 10.9 Å². The van der Waals surface area contributed by atoms with Crippen molar-refractivity contribution in [2.24, 2.45) is 0 Å². The van der Waals surface area contributed by atoms with Crippen molar-refractivity contribution in [1.29, 1.82) is 0 Å². The molecule has 4 aromatic rings. The number of hydrogen-bond acceptors (Lipinski definition) is 5. The first-order chi connectivity index (χ1) is 12.7. The van der Waals surface area contributed by atoms with Gasteiger partial charge in [-0.1, -0.05) is 46.3 Å². The number of halogens is 1. The lowest BCUT2D eigenvalue weighted by Gasteiger charge is -2.21. The fourth-order valence-electron chi connectivity index (χ4n) is 3.07. The maximum atomic E-state index is 5.62. The average Bonchev–Trinajstić information content (AvgIpc) is 3.08. The Labute approximate surface area is 159 Å². The topological polar surface area (TPSA) is 65.7 Å². The van der Waals surface area contributed by atoms with Crippen LogP contribution in [0.2, 0.25) is 0 Å². The maximum Gasteiger partial charge on any atom is 0.219 e. The smallest absolute Gasteiger partial charge is 0.219 e. The second-order valence-electron chi connectivity index (χ2n) is 5.91. The molecule has 0 fully saturated rings. The summed E-state index contributed by atoms with van der Waals surface area (Å²) in [5, 5.41) is 13.1. The first-order valence-electron chi connectivity index (χ1n) is 8.11. The van der Waals surface area contributed by atoms with Gasteiger partial charge >= 0.3 is 0 Å². The summed E-state index contributed by atoms with van der Waals surface area (Å²) in [6.45, 7) is 1.88. The molecule has 2 aromatic carbocycles. The van der Waals surface area contributed by atoms with Crippen molar-refractivity contribution >= 4 is 26.8 Å². The van der Waals surface area contributed by atoms with E-state index >= 15 is 0 Å². The fraction of sp³-hybridized carbons (Fsp3) is 0.158. The third-order valence-corrected chi connectivity index (χ3v) is 4.77. The van der Waals surface area contributed by atoms with E-state index in [1.165, 1.54) is 0 Å². The van der Waals surface area contributed by atoms with Gasteiger partial charge in [0.2, 0.25) is 5.88 Å². The SMILES string of the molecule is COc1nc2ccc(Br)cc2cc1C(c1ccccc1)n1nnnc1C. The molecule has 0 aliphatic carbocycles. The molecular weight excluding hydrogens is 394 g/mol. The minimum atomic E-state index is -0.239. The van der Waals surface area contributed by atoms with E-state index in [9.17, 15) is 0 Å². The molecule has 130 valence electrons. The van der Waals surface area contributed by atoms with Crippen LogP contribution in [0.4, 0.5) is 0 Å². The van der Waals surface area contributed by atoms with Gasteiger partial charge in [-0.3, -0.25) is 0 Å². The number of tetrazole rings is 1. The maximum absolute atomic E-state index is 5.62. The Balaban J connectivity index is 2.00. The van der Waals surface area contributed by atoms with E-state index in [0.29, 0.717) is 5.88 Å². The van der Waals surface area contributed by atoms with Crippen LogP contribution < -0.4 is 4.74 Å². The largest absolute Gasteiger partial charge is 0.481 e. The van der Waals surface area contributed by atoms with Gasteiger partial charge in [-0.15, -0.1) is 5.10 Å². The first-order valence-corrected chi connectivity index (χ1v) is 8.90. The number of hydrogen-bond donors (Lipinski definition) is 0. The summed E-state index contributed by atoms with van der Waals surface area (Å²) >= 11 is 3.53. The van der Waals surface area contributed by atoms with Gasteiger partial charge in [0.05, 0.1) is 12.6 Å².